The van der Waals surface area contributed by atoms with Crippen molar-refractivity contribution in [3.05, 3.63) is 17.5 Å². The zero-order valence-electron chi connectivity index (χ0n) is 16.7. The Morgan fingerprint density at radius 2 is 2.00 bits per heavy atom. The van der Waals surface area contributed by atoms with Crippen LogP contribution < -0.4 is 4.90 Å². The Kier molecular flexibility index (Phi) is 5.64. The van der Waals surface area contributed by atoms with E-state index >= 15 is 0 Å². The maximum absolute atomic E-state index is 13.3. The Morgan fingerprint density at radius 1 is 1.30 bits per heavy atom. The van der Waals surface area contributed by atoms with Gasteiger partial charge in [-0.05, 0) is 32.6 Å². The second-order valence-electron chi connectivity index (χ2n) is 7.54. The van der Waals surface area contributed by atoms with Gasteiger partial charge < -0.3 is 19.4 Å². The summed E-state index contributed by atoms with van der Waals surface area (Å²) in [5.41, 5.74) is 0.388. The molecular weight excluding hydrogens is 346 g/mol. The van der Waals surface area contributed by atoms with Gasteiger partial charge >= 0.3 is 0 Å². The van der Waals surface area contributed by atoms with Crippen molar-refractivity contribution < 1.29 is 14.3 Å². The van der Waals surface area contributed by atoms with Gasteiger partial charge in [-0.25, -0.2) is 9.97 Å². The Bertz CT molecular complexity index is 723. The number of piperidine rings is 1. The van der Waals surface area contributed by atoms with Gasteiger partial charge in [0.05, 0.1) is 17.9 Å². The quantitative estimate of drug-likeness (QED) is 0.767. The number of anilines is 1. The molecule has 8 nitrogen and oxygen atoms in total. The van der Waals surface area contributed by atoms with E-state index in [1.165, 1.54) is 0 Å². The first kappa shape index (κ1) is 19.5. The van der Waals surface area contributed by atoms with Gasteiger partial charge in [0.1, 0.15) is 5.54 Å². The topological polar surface area (TPSA) is 78.9 Å². The SMILES string of the molecule is COCCN1CCCC2(CCCN2C(=O)c2cnc(N(C)C)nc2C)C1=O. The Labute approximate surface area is 160 Å². The highest BCUT2D eigenvalue weighted by atomic mass is 16.5. The van der Waals surface area contributed by atoms with Crippen LogP contribution in [0.5, 0.6) is 0 Å². The Morgan fingerprint density at radius 3 is 2.63 bits per heavy atom. The first-order valence-electron chi connectivity index (χ1n) is 9.52. The number of ether oxygens (including phenoxy) is 1. The number of amides is 2. The summed E-state index contributed by atoms with van der Waals surface area (Å²) in [5, 5.41) is 0. The van der Waals surface area contributed by atoms with Crippen LogP contribution in [0.15, 0.2) is 6.20 Å². The number of nitrogens with zero attached hydrogens (tertiary/aromatic N) is 5. The van der Waals surface area contributed by atoms with Crippen LogP contribution in [0.1, 0.15) is 41.7 Å². The van der Waals surface area contributed by atoms with E-state index in [2.05, 4.69) is 9.97 Å². The van der Waals surface area contributed by atoms with Gasteiger partial charge in [0.15, 0.2) is 0 Å². The average Bonchev–Trinajstić information content (AvgIpc) is 3.06. The van der Waals surface area contributed by atoms with E-state index in [-0.39, 0.29) is 11.8 Å². The van der Waals surface area contributed by atoms with Crippen molar-refractivity contribution in [3.8, 4) is 0 Å². The van der Waals surface area contributed by atoms with Crippen LogP contribution in [-0.2, 0) is 9.53 Å². The van der Waals surface area contributed by atoms with Gasteiger partial charge in [-0.2, -0.15) is 0 Å². The van der Waals surface area contributed by atoms with E-state index in [9.17, 15) is 9.59 Å². The first-order valence-corrected chi connectivity index (χ1v) is 9.52. The van der Waals surface area contributed by atoms with Gasteiger partial charge in [-0.1, -0.05) is 0 Å². The van der Waals surface area contributed by atoms with E-state index in [0.29, 0.717) is 36.9 Å². The number of rotatable bonds is 5. The summed E-state index contributed by atoms with van der Waals surface area (Å²) in [4.78, 5) is 40.7. The highest BCUT2D eigenvalue weighted by Crippen LogP contribution is 2.39. The molecule has 1 aromatic rings. The maximum atomic E-state index is 13.3. The lowest BCUT2D eigenvalue weighted by molar-refractivity contribution is -0.146. The minimum Gasteiger partial charge on any atom is -0.383 e. The molecule has 1 spiro atoms. The summed E-state index contributed by atoms with van der Waals surface area (Å²) < 4.78 is 5.14. The Balaban J connectivity index is 1.87. The van der Waals surface area contributed by atoms with E-state index in [0.717, 1.165) is 32.2 Å². The molecule has 1 aromatic heterocycles. The molecule has 2 amide bonds. The lowest BCUT2D eigenvalue weighted by atomic mass is 9.85. The van der Waals surface area contributed by atoms with E-state index in [1.54, 1.807) is 23.1 Å². The molecular formula is C19H29N5O3. The predicted octanol–water partition coefficient (Wildman–Crippen LogP) is 1.09. The number of likely N-dealkylation sites (tertiary alicyclic amines) is 2. The zero-order chi connectivity index (χ0) is 19.6. The van der Waals surface area contributed by atoms with Crippen molar-refractivity contribution in [2.24, 2.45) is 0 Å². The van der Waals surface area contributed by atoms with Gasteiger partial charge in [-0.3, -0.25) is 9.59 Å². The van der Waals surface area contributed by atoms with Crippen LogP contribution >= 0.6 is 0 Å². The summed E-state index contributed by atoms with van der Waals surface area (Å²) in [6, 6.07) is 0. The minimum absolute atomic E-state index is 0.0557. The number of hydrogen-bond acceptors (Lipinski definition) is 6. The van der Waals surface area contributed by atoms with Crippen molar-refractivity contribution in [1.29, 1.82) is 0 Å². The molecule has 3 rings (SSSR count). The second kappa shape index (κ2) is 7.80. The van der Waals surface area contributed by atoms with Crippen molar-refractivity contribution in [3.63, 3.8) is 0 Å². The van der Waals surface area contributed by atoms with Crippen LogP contribution in [0.4, 0.5) is 5.95 Å². The monoisotopic (exact) mass is 375 g/mol. The summed E-state index contributed by atoms with van der Waals surface area (Å²) in [6.07, 6.45) is 4.76. The largest absolute Gasteiger partial charge is 0.383 e. The third-order valence-electron chi connectivity index (χ3n) is 5.60. The maximum Gasteiger partial charge on any atom is 0.258 e. The van der Waals surface area contributed by atoms with Crippen molar-refractivity contribution in [2.75, 3.05) is 52.3 Å². The van der Waals surface area contributed by atoms with E-state index < -0.39 is 5.54 Å². The van der Waals surface area contributed by atoms with Crippen LogP contribution in [0.2, 0.25) is 0 Å². The number of carbonyl (C=O) groups is 2. The highest BCUT2D eigenvalue weighted by Gasteiger charge is 2.52. The van der Waals surface area contributed by atoms with Gasteiger partial charge in [0.2, 0.25) is 11.9 Å². The molecule has 0 N–H and O–H groups in total. The third kappa shape index (κ3) is 3.50. The predicted molar refractivity (Wildman–Crippen MR) is 102 cm³/mol. The van der Waals surface area contributed by atoms with E-state index in [4.69, 9.17) is 4.74 Å². The smallest absolute Gasteiger partial charge is 0.258 e. The number of hydrogen-bond donors (Lipinski definition) is 0. The van der Waals surface area contributed by atoms with Crippen LogP contribution in [-0.4, -0.2) is 84.6 Å². The molecule has 0 aliphatic carbocycles. The molecule has 0 bridgehead atoms. The summed E-state index contributed by atoms with van der Waals surface area (Å²) >= 11 is 0. The molecule has 1 atom stereocenters. The number of carbonyl (C=O) groups excluding carboxylic acids is 2. The normalized spacial score (nSPS) is 22.6. The first-order chi connectivity index (χ1) is 12.9. The van der Waals surface area contributed by atoms with Crippen molar-refractivity contribution >= 4 is 17.8 Å². The molecule has 0 saturated carbocycles. The molecule has 2 aliphatic heterocycles. The molecule has 148 valence electrons. The number of aryl methyl sites for hydroxylation is 1. The molecule has 8 heteroatoms. The van der Waals surface area contributed by atoms with Gasteiger partial charge in [-0.15, -0.1) is 0 Å². The highest BCUT2D eigenvalue weighted by molar-refractivity contribution is 6.00. The lowest BCUT2D eigenvalue weighted by Gasteiger charge is -2.44. The fraction of sp³-hybridized carbons (Fsp3) is 0.684. The van der Waals surface area contributed by atoms with E-state index in [1.807, 2.05) is 25.9 Å². The Hall–Kier alpha value is -2.22. The van der Waals surface area contributed by atoms with Gasteiger partial charge in [0, 0.05) is 47.0 Å². The number of aromatic nitrogens is 2. The molecule has 27 heavy (non-hydrogen) atoms. The average molecular weight is 375 g/mol. The number of methoxy groups -OCH3 is 1. The van der Waals surface area contributed by atoms with Crippen LogP contribution in [0, 0.1) is 6.92 Å². The summed E-state index contributed by atoms with van der Waals surface area (Å²) in [7, 11) is 5.36. The summed E-state index contributed by atoms with van der Waals surface area (Å²) in [6.45, 7) is 4.22. The molecule has 2 aliphatic rings. The lowest BCUT2D eigenvalue weighted by Crippen LogP contribution is -2.61. The van der Waals surface area contributed by atoms with Gasteiger partial charge in [0.25, 0.3) is 5.91 Å². The molecule has 0 aromatic carbocycles. The summed E-state index contributed by atoms with van der Waals surface area (Å²) in [5.74, 6) is 0.483. The van der Waals surface area contributed by atoms with Crippen molar-refractivity contribution in [2.45, 2.75) is 38.1 Å². The molecule has 0 radical (unpaired) electrons. The zero-order valence-corrected chi connectivity index (χ0v) is 16.7. The molecule has 1 unspecified atom stereocenters. The standard InChI is InChI=1S/C19H29N5O3/c1-14-15(13-20-18(21-14)22(2)3)16(25)24-10-6-8-19(24)7-5-9-23(17(19)26)11-12-27-4/h13H,5-12H2,1-4H3. The van der Waals surface area contributed by atoms with Crippen LogP contribution in [0.3, 0.4) is 0 Å². The third-order valence-corrected chi connectivity index (χ3v) is 5.60. The second-order valence-corrected chi connectivity index (χ2v) is 7.54. The fourth-order valence-corrected chi connectivity index (χ4v) is 4.16. The van der Waals surface area contributed by atoms with Crippen molar-refractivity contribution in [1.82, 2.24) is 19.8 Å². The molecule has 2 fully saturated rings. The minimum atomic E-state index is -0.726. The fourth-order valence-electron chi connectivity index (χ4n) is 4.16. The molecule has 3 heterocycles. The van der Waals surface area contributed by atoms with Crippen LogP contribution in [0.25, 0.3) is 0 Å². The molecule has 2 saturated heterocycles.